The largest absolute Gasteiger partial charge is 0.338 e. The van der Waals surface area contributed by atoms with E-state index in [1.807, 2.05) is 17.2 Å². The molecular weight excluding hydrogens is 438 g/mol. The second kappa shape index (κ2) is 9.46. The highest BCUT2D eigenvalue weighted by molar-refractivity contribution is 7.91. The number of carbonyl (C=O) groups excluding carboxylic acids is 1. The van der Waals surface area contributed by atoms with Gasteiger partial charge in [-0.3, -0.25) is 4.79 Å². The highest BCUT2D eigenvalue weighted by Gasteiger charge is 2.26. The van der Waals surface area contributed by atoms with Crippen LogP contribution >= 0.6 is 22.7 Å². The number of thiophene rings is 1. The number of nitrogens with one attached hydrogen (secondary N) is 1. The molecule has 164 valence electrons. The van der Waals surface area contributed by atoms with Crippen LogP contribution in [0.2, 0.25) is 0 Å². The number of aryl methyl sites for hydroxylation is 1. The summed E-state index contributed by atoms with van der Waals surface area (Å²) in [5.41, 5.74) is 1.49. The minimum atomic E-state index is -3.54. The molecule has 3 heterocycles. The first kappa shape index (κ1) is 21.9. The Balaban J connectivity index is 1.49. The summed E-state index contributed by atoms with van der Waals surface area (Å²) in [4.78, 5) is 19.9. The summed E-state index contributed by atoms with van der Waals surface area (Å²) < 4.78 is 29.1. The summed E-state index contributed by atoms with van der Waals surface area (Å²) in [7, 11) is -3.54. The molecule has 9 heteroatoms. The summed E-state index contributed by atoms with van der Waals surface area (Å²) >= 11 is 2.58. The van der Waals surface area contributed by atoms with Crippen molar-refractivity contribution in [3.63, 3.8) is 0 Å². The van der Waals surface area contributed by atoms with E-state index in [1.165, 1.54) is 41.9 Å². The minimum Gasteiger partial charge on any atom is -0.338 e. The van der Waals surface area contributed by atoms with E-state index in [2.05, 4.69) is 9.71 Å². The first-order chi connectivity index (χ1) is 14.4. The summed E-state index contributed by atoms with van der Waals surface area (Å²) in [6, 6.07) is 1.71. The predicted octanol–water partition coefficient (Wildman–Crippen LogP) is 4.81. The number of nitrogens with zero attached hydrogens (tertiary/aromatic N) is 2. The second-order valence-corrected chi connectivity index (χ2v) is 12.1. The van der Waals surface area contributed by atoms with Gasteiger partial charge in [0.2, 0.25) is 10.0 Å². The lowest BCUT2D eigenvalue weighted by molar-refractivity contribution is 0.0796. The fraction of sp³-hybridized carbons (Fsp3) is 0.619. The molecule has 2 aliphatic rings. The van der Waals surface area contributed by atoms with Crippen LogP contribution < -0.4 is 4.72 Å². The number of likely N-dealkylation sites (tertiary alicyclic amines) is 1. The van der Waals surface area contributed by atoms with Crippen LogP contribution in [0.1, 0.15) is 73.2 Å². The third-order valence-electron chi connectivity index (χ3n) is 5.90. The van der Waals surface area contributed by atoms with Gasteiger partial charge in [-0.25, -0.2) is 18.1 Å². The average Bonchev–Trinajstić information content (AvgIpc) is 3.43. The van der Waals surface area contributed by atoms with Crippen LogP contribution in [0.5, 0.6) is 0 Å². The van der Waals surface area contributed by atoms with Crippen molar-refractivity contribution in [1.82, 2.24) is 14.6 Å². The molecule has 0 atom stereocenters. The maximum Gasteiger partial charge on any atom is 0.265 e. The van der Waals surface area contributed by atoms with Crippen molar-refractivity contribution >= 4 is 38.6 Å². The summed E-state index contributed by atoms with van der Waals surface area (Å²) in [6.07, 6.45) is 9.70. The van der Waals surface area contributed by atoms with E-state index in [1.54, 1.807) is 6.07 Å². The van der Waals surface area contributed by atoms with Crippen LogP contribution in [-0.4, -0.2) is 43.3 Å². The van der Waals surface area contributed by atoms with Crippen molar-refractivity contribution < 1.29 is 13.2 Å². The van der Waals surface area contributed by atoms with Crippen molar-refractivity contribution in [2.45, 2.75) is 75.0 Å². The molecule has 30 heavy (non-hydrogen) atoms. The van der Waals surface area contributed by atoms with Crippen molar-refractivity contribution in [3.05, 3.63) is 22.0 Å². The minimum absolute atomic E-state index is 0.0210. The molecule has 1 amide bonds. The van der Waals surface area contributed by atoms with Crippen molar-refractivity contribution in [3.8, 4) is 10.6 Å². The van der Waals surface area contributed by atoms with E-state index in [0.29, 0.717) is 14.1 Å². The molecule has 1 N–H and O–H groups in total. The van der Waals surface area contributed by atoms with Crippen LogP contribution in [-0.2, 0) is 10.0 Å². The Hall–Kier alpha value is -1.29. The Bertz CT molecular complexity index is 982. The number of carbonyl (C=O) groups is 1. The first-order valence-electron chi connectivity index (χ1n) is 10.8. The molecule has 0 unspecified atom stereocenters. The quantitative estimate of drug-likeness (QED) is 0.684. The molecule has 1 aliphatic heterocycles. The number of thiazole rings is 1. The average molecular weight is 468 g/mol. The molecule has 2 aromatic rings. The van der Waals surface area contributed by atoms with Gasteiger partial charge in [0.05, 0.1) is 5.69 Å². The molecular formula is C21H29N3O3S3. The van der Waals surface area contributed by atoms with E-state index >= 15 is 0 Å². The summed E-state index contributed by atoms with van der Waals surface area (Å²) in [6.45, 7) is 3.46. The Labute approximate surface area is 186 Å². The van der Waals surface area contributed by atoms with Gasteiger partial charge in [0.15, 0.2) is 0 Å². The molecule has 0 spiro atoms. The predicted molar refractivity (Wildman–Crippen MR) is 122 cm³/mol. The Morgan fingerprint density at radius 2 is 1.77 bits per heavy atom. The molecule has 1 saturated heterocycles. The number of sulfonamides is 1. The summed E-state index contributed by atoms with van der Waals surface area (Å²) in [5.74, 6) is 0.0442. The lowest BCUT2D eigenvalue weighted by atomic mass is 9.97. The molecule has 1 saturated carbocycles. The van der Waals surface area contributed by atoms with Gasteiger partial charge in [-0.15, -0.1) is 22.7 Å². The fourth-order valence-electron chi connectivity index (χ4n) is 4.20. The SMILES string of the molecule is Cc1nc(-c2csc(S(=O)(=O)NC3CCCCCCC3)c2)sc1C(=O)N1CCCC1. The van der Waals surface area contributed by atoms with Crippen molar-refractivity contribution in [2.24, 2.45) is 0 Å². The van der Waals surface area contributed by atoms with E-state index in [0.717, 1.165) is 62.9 Å². The van der Waals surface area contributed by atoms with Gasteiger partial charge in [0, 0.05) is 30.1 Å². The standard InChI is InChI=1S/C21H29N3O3S3/c1-15-19(21(25)24-11-7-8-12-24)29-20(22-15)16-13-18(28-14-16)30(26,27)23-17-9-5-3-2-4-6-10-17/h13-14,17,23H,2-12H2,1H3. The number of rotatable bonds is 5. The van der Waals surface area contributed by atoms with Gasteiger partial charge in [-0.1, -0.05) is 32.1 Å². The Kier molecular flexibility index (Phi) is 6.91. The molecule has 0 bridgehead atoms. The maximum atomic E-state index is 12.9. The van der Waals surface area contributed by atoms with Gasteiger partial charge >= 0.3 is 0 Å². The van der Waals surface area contributed by atoms with Gasteiger partial charge < -0.3 is 4.90 Å². The monoisotopic (exact) mass is 467 g/mol. The third kappa shape index (κ3) is 4.95. The van der Waals surface area contributed by atoms with Gasteiger partial charge in [0.25, 0.3) is 5.91 Å². The normalized spacial score (nSPS) is 19.0. The van der Waals surface area contributed by atoms with Gasteiger partial charge in [-0.2, -0.15) is 0 Å². The molecule has 4 rings (SSSR count). The van der Waals surface area contributed by atoms with E-state index in [9.17, 15) is 13.2 Å². The molecule has 2 fully saturated rings. The van der Waals surface area contributed by atoms with Crippen LogP contribution in [0.15, 0.2) is 15.7 Å². The zero-order valence-electron chi connectivity index (χ0n) is 17.4. The topological polar surface area (TPSA) is 79.4 Å². The Morgan fingerprint density at radius 3 is 2.47 bits per heavy atom. The lowest BCUT2D eigenvalue weighted by Crippen LogP contribution is -2.34. The van der Waals surface area contributed by atoms with Gasteiger partial charge in [0.1, 0.15) is 14.1 Å². The van der Waals surface area contributed by atoms with E-state index in [-0.39, 0.29) is 11.9 Å². The molecule has 0 radical (unpaired) electrons. The first-order valence-corrected chi connectivity index (χ1v) is 14.0. The molecule has 0 aromatic carbocycles. The zero-order chi connectivity index (χ0) is 21.1. The number of hydrogen-bond donors (Lipinski definition) is 1. The Morgan fingerprint density at radius 1 is 1.10 bits per heavy atom. The van der Waals surface area contributed by atoms with Crippen molar-refractivity contribution in [2.75, 3.05) is 13.1 Å². The smallest absolute Gasteiger partial charge is 0.265 e. The highest BCUT2D eigenvalue weighted by atomic mass is 32.2. The highest BCUT2D eigenvalue weighted by Crippen LogP contribution is 2.34. The van der Waals surface area contributed by atoms with Crippen molar-refractivity contribution in [1.29, 1.82) is 0 Å². The molecule has 2 aromatic heterocycles. The number of aromatic nitrogens is 1. The maximum absolute atomic E-state index is 12.9. The lowest BCUT2D eigenvalue weighted by Gasteiger charge is -2.20. The number of amides is 1. The van der Waals surface area contributed by atoms with Gasteiger partial charge in [-0.05, 0) is 38.7 Å². The van der Waals surface area contributed by atoms with Crippen LogP contribution in [0.4, 0.5) is 0 Å². The summed E-state index contributed by atoms with van der Waals surface area (Å²) in [5, 5.41) is 2.54. The molecule has 6 nitrogen and oxygen atoms in total. The second-order valence-electron chi connectivity index (χ2n) is 8.25. The van der Waals surface area contributed by atoms with Crippen LogP contribution in [0, 0.1) is 6.92 Å². The van der Waals surface area contributed by atoms with E-state index in [4.69, 9.17) is 0 Å². The van der Waals surface area contributed by atoms with Crippen LogP contribution in [0.3, 0.4) is 0 Å². The molecule has 1 aliphatic carbocycles. The van der Waals surface area contributed by atoms with E-state index < -0.39 is 10.0 Å². The fourth-order valence-corrected chi connectivity index (χ4v) is 7.79. The zero-order valence-corrected chi connectivity index (χ0v) is 19.8. The third-order valence-corrected chi connectivity index (χ3v) is 10.1. The van der Waals surface area contributed by atoms with Crippen LogP contribution in [0.25, 0.3) is 10.6 Å². The number of hydrogen-bond acceptors (Lipinski definition) is 6.